The number of alkyl halides is 5. The highest BCUT2D eigenvalue weighted by Gasteiger charge is 2.63. The molecule has 0 bridgehead atoms. The Morgan fingerprint density at radius 3 is 2.50 bits per heavy atom. The molecule has 0 aliphatic carbocycles. The number of nitrogens with one attached hydrogen (secondary N) is 1. The Labute approximate surface area is 117 Å². The van der Waals surface area contributed by atoms with Gasteiger partial charge in [-0.3, -0.25) is 10.1 Å². The number of aromatic nitrogens is 1. The lowest BCUT2D eigenvalue weighted by Crippen LogP contribution is -2.47. The van der Waals surface area contributed by atoms with Gasteiger partial charge in [0.1, 0.15) is 0 Å². The van der Waals surface area contributed by atoms with Crippen molar-refractivity contribution in [2.75, 3.05) is 5.32 Å². The van der Waals surface area contributed by atoms with E-state index in [1.165, 1.54) is 23.5 Å². The average Bonchev–Trinajstić information content (AvgIpc) is 2.68. The summed E-state index contributed by atoms with van der Waals surface area (Å²) in [6, 6.07) is 4.37. The molecule has 0 spiro atoms. The maximum Gasteiger partial charge on any atom is 0.463 e. The topological polar surface area (TPSA) is 42.0 Å². The molecule has 3 nitrogen and oxygen atoms in total. The predicted octanol–water partition coefficient (Wildman–Crippen LogP) is 4.09. The second kappa shape index (κ2) is 4.81. The minimum atomic E-state index is -5.96. The van der Waals surface area contributed by atoms with Crippen LogP contribution in [0.2, 0.25) is 5.02 Å². The van der Waals surface area contributed by atoms with Gasteiger partial charge >= 0.3 is 18.0 Å². The largest absolute Gasteiger partial charge is 0.463 e. The number of rotatable bonds is 2. The number of fused-ring (bicyclic) bond motifs is 1. The van der Waals surface area contributed by atoms with E-state index in [-0.39, 0.29) is 5.13 Å². The highest BCUT2D eigenvalue weighted by molar-refractivity contribution is 7.22. The lowest BCUT2D eigenvalue weighted by atomic mass is 10.3. The van der Waals surface area contributed by atoms with Crippen molar-refractivity contribution in [1.29, 1.82) is 0 Å². The van der Waals surface area contributed by atoms with Crippen molar-refractivity contribution >= 4 is 44.2 Å². The fourth-order valence-electron chi connectivity index (χ4n) is 1.26. The molecule has 1 N–H and O–H groups in total. The Kier molecular flexibility index (Phi) is 3.59. The number of carbonyl (C=O) groups is 1. The van der Waals surface area contributed by atoms with Crippen LogP contribution in [0.3, 0.4) is 0 Å². The number of anilines is 1. The van der Waals surface area contributed by atoms with Crippen LogP contribution in [0.5, 0.6) is 0 Å². The summed E-state index contributed by atoms with van der Waals surface area (Å²) < 4.78 is 61.9. The molecule has 10 heteroatoms. The molecule has 108 valence electrons. The molecule has 1 heterocycles. The summed E-state index contributed by atoms with van der Waals surface area (Å²) in [4.78, 5) is 14.7. The van der Waals surface area contributed by atoms with Crippen LogP contribution in [-0.4, -0.2) is 23.0 Å². The fraction of sp³-hybridized carbons (Fsp3) is 0.200. The van der Waals surface area contributed by atoms with Crippen LogP contribution in [0.15, 0.2) is 18.2 Å². The van der Waals surface area contributed by atoms with Gasteiger partial charge in [-0.1, -0.05) is 22.9 Å². The number of carbonyl (C=O) groups excluding carboxylic acids is 1. The molecule has 0 fully saturated rings. The Hall–Kier alpha value is -1.48. The Morgan fingerprint density at radius 2 is 1.90 bits per heavy atom. The highest BCUT2D eigenvalue weighted by Crippen LogP contribution is 2.37. The summed E-state index contributed by atoms with van der Waals surface area (Å²) >= 11 is 6.43. The summed E-state index contributed by atoms with van der Waals surface area (Å²) in [5.74, 6) is -7.96. The normalized spacial score (nSPS) is 12.7. The molecule has 1 amide bonds. The molecule has 1 aromatic carbocycles. The number of hydrogen-bond donors (Lipinski definition) is 1. The van der Waals surface area contributed by atoms with Crippen LogP contribution in [-0.2, 0) is 4.79 Å². The minimum absolute atomic E-state index is 0.324. The van der Waals surface area contributed by atoms with Crippen LogP contribution in [0.25, 0.3) is 10.2 Å². The van der Waals surface area contributed by atoms with Gasteiger partial charge in [-0.05, 0) is 18.2 Å². The smallest absolute Gasteiger partial charge is 0.296 e. The Bertz CT molecular complexity index is 669. The van der Waals surface area contributed by atoms with Crippen molar-refractivity contribution in [2.45, 2.75) is 12.1 Å². The lowest BCUT2D eigenvalue weighted by Gasteiger charge is -2.17. The number of thiazole rings is 1. The van der Waals surface area contributed by atoms with E-state index in [0.717, 1.165) is 11.3 Å². The van der Waals surface area contributed by atoms with E-state index < -0.39 is 18.0 Å². The second-order valence-electron chi connectivity index (χ2n) is 3.66. The van der Waals surface area contributed by atoms with Gasteiger partial charge in [0.25, 0.3) is 0 Å². The number of benzene rings is 1. The molecule has 2 rings (SSSR count). The van der Waals surface area contributed by atoms with Crippen molar-refractivity contribution in [3.8, 4) is 0 Å². The van der Waals surface area contributed by atoms with E-state index in [2.05, 4.69) is 4.98 Å². The van der Waals surface area contributed by atoms with E-state index in [1.54, 1.807) is 0 Å². The summed E-state index contributed by atoms with van der Waals surface area (Å²) in [5.41, 5.74) is 0.324. The molecule has 20 heavy (non-hydrogen) atoms. The van der Waals surface area contributed by atoms with E-state index in [9.17, 15) is 26.7 Å². The van der Waals surface area contributed by atoms with Crippen molar-refractivity contribution in [1.82, 2.24) is 4.98 Å². The van der Waals surface area contributed by atoms with E-state index in [0.29, 0.717) is 15.2 Å². The predicted molar refractivity (Wildman–Crippen MR) is 64.3 cm³/mol. The summed E-state index contributed by atoms with van der Waals surface area (Å²) in [6.45, 7) is 0. The highest BCUT2D eigenvalue weighted by atomic mass is 35.5. The molecule has 0 radical (unpaired) electrons. The van der Waals surface area contributed by atoms with E-state index in [4.69, 9.17) is 11.6 Å². The zero-order valence-electron chi connectivity index (χ0n) is 9.26. The van der Waals surface area contributed by atoms with Gasteiger partial charge < -0.3 is 0 Å². The van der Waals surface area contributed by atoms with Gasteiger partial charge in [0.2, 0.25) is 0 Å². The Balaban J connectivity index is 2.26. The first-order valence-corrected chi connectivity index (χ1v) is 6.13. The molecule has 0 aliphatic rings. The second-order valence-corrected chi connectivity index (χ2v) is 5.12. The molecule has 0 unspecified atom stereocenters. The maximum absolute atomic E-state index is 12.7. The molecule has 1 aromatic heterocycles. The van der Waals surface area contributed by atoms with Gasteiger partial charge in [0, 0.05) is 5.02 Å². The van der Waals surface area contributed by atoms with Crippen LogP contribution in [0, 0.1) is 0 Å². The third kappa shape index (κ3) is 2.68. The lowest BCUT2D eigenvalue weighted by molar-refractivity contribution is -0.267. The SMILES string of the molecule is O=C(Nc1nc2ccc(Cl)cc2s1)C(F)(F)C(F)(F)F. The zero-order valence-corrected chi connectivity index (χ0v) is 10.8. The molecular formula is C10H4ClF5N2OS. The fourth-order valence-corrected chi connectivity index (χ4v) is 2.39. The standard InChI is InChI=1S/C10H4ClF5N2OS/c11-4-1-2-5-6(3-4)20-8(17-5)18-7(19)9(12,13)10(14,15)16/h1-3H,(H,17,18,19). The van der Waals surface area contributed by atoms with Gasteiger partial charge in [-0.2, -0.15) is 22.0 Å². The van der Waals surface area contributed by atoms with Crippen LogP contribution < -0.4 is 5.32 Å². The number of amides is 1. The van der Waals surface area contributed by atoms with Gasteiger partial charge in [-0.25, -0.2) is 4.98 Å². The van der Waals surface area contributed by atoms with Crippen LogP contribution in [0.4, 0.5) is 27.1 Å². The first-order valence-electron chi connectivity index (χ1n) is 4.93. The van der Waals surface area contributed by atoms with Gasteiger partial charge in [0.15, 0.2) is 5.13 Å². The van der Waals surface area contributed by atoms with Crippen molar-refractivity contribution in [3.63, 3.8) is 0 Å². The first-order chi connectivity index (χ1) is 9.11. The first kappa shape index (κ1) is 14.9. The summed E-state index contributed by atoms with van der Waals surface area (Å²) in [6.07, 6.45) is -5.96. The van der Waals surface area contributed by atoms with E-state index >= 15 is 0 Å². The van der Waals surface area contributed by atoms with Gasteiger partial charge in [-0.15, -0.1) is 0 Å². The molecular weight excluding hydrogens is 327 g/mol. The minimum Gasteiger partial charge on any atom is -0.296 e. The van der Waals surface area contributed by atoms with Crippen LogP contribution >= 0.6 is 22.9 Å². The van der Waals surface area contributed by atoms with Gasteiger partial charge in [0.05, 0.1) is 10.2 Å². The maximum atomic E-state index is 12.7. The molecule has 2 aromatic rings. The number of hydrogen-bond acceptors (Lipinski definition) is 3. The Morgan fingerprint density at radius 1 is 1.25 bits per heavy atom. The van der Waals surface area contributed by atoms with Crippen molar-refractivity contribution in [3.05, 3.63) is 23.2 Å². The average molecular weight is 331 g/mol. The molecule has 0 aliphatic heterocycles. The zero-order chi connectivity index (χ0) is 15.1. The van der Waals surface area contributed by atoms with Crippen LogP contribution in [0.1, 0.15) is 0 Å². The number of nitrogens with zero attached hydrogens (tertiary/aromatic N) is 1. The molecule has 0 atom stereocenters. The third-order valence-corrected chi connectivity index (χ3v) is 3.38. The monoisotopic (exact) mass is 330 g/mol. The van der Waals surface area contributed by atoms with Crippen molar-refractivity contribution < 1.29 is 26.7 Å². The quantitative estimate of drug-likeness (QED) is 0.843. The van der Waals surface area contributed by atoms with E-state index in [1.807, 2.05) is 0 Å². The molecule has 0 saturated carbocycles. The molecule has 0 saturated heterocycles. The summed E-state index contributed by atoms with van der Waals surface area (Å²) in [7, 11) is 0. The summed E-state index contributed by atoms with van der Waals surface area (Å²) in [5, 5.41) is 1.44. The van der Waals surface area contributed by atoms with Crippen molar-refractivity contribution in [2.24, 2.45) is 0 Å². The number of halogens is 6. The third-order valence-electron chi connectivity index (χ3n) is 2.21.